The first-order chi connectivity index (χ1) is 2.00. The van der Waals surface area contributed by atoms with Crippen molar-refractivity contribution >= 4 is 10.3 Å². The second-order valence-electron chi connectivity index (χ2n) is 0.493. The molecule has 0 aromatic rings. The molecule has 0 aliphatic carbocycles. The molecule has 0 saturated carbocycles. The Labute approximate surface area is 94.8 Å². The first kappa shape index (κ1) is 10.8. The molecule has 0 heterocycles. The van der Waals surface area contributed by atoms with Crippen molar-refractivity contribution in [3.8, 4) is 0 Å². The van der Waals surface area contributed by atoms with Gasteiger partial charge in [-0.3, -0.25) is 0 Å². The van der Waals surface area contributed by atoms with E-state index in [9.17, 15) is 0 Å². The van der Waals surface area contributed by atoms with Crippen molar-refractivity contribution < 1.29 is 81.9 Å². The van der Waals surface area contributed by atoms with Crippen LogP contribution in [0.5, 0.6) is 0 Å². The van der Waals surface area contributed by atoms with Gasteiger partial charge in [0, 0.05) is 0 Å². The molecular formula is H2CsNO3S. The van der Waals surface area contributed by atoms with Gasteiger partial charge in [-0.2, -0.15) is 0 Å². The van der Waals surface area contributed by atoms with Crippen molar-refractivity contribution in [1.82, 2.24) is 0 Å². The molecule has 0 aliphatic heterocycles. The summed E-state index contributed by atoms with van der Waals surface area (Å²) in [5.41, 5.74) is 0. The van der Waals surface area contributed by atoms with E-state index >= 15 is 0 Å². The molecule has 6 heavy (non-hydrogen) atoms. The average Bonchev–Trinajstić information content (AvgIpc) is 0.722. The first-order valence-electron chi connectivity index (χ1n) is 0.736. The molecule has 0 fully saturated rings. The summed E-state index contributed by atoms with van der Waals surface area (Å²) in [5, 5.41) is 3.77. The molecule has 0 aromatic heterocycles. The van der Waals surface area contributed by atoms with Crippen molar-refractivity contribution in [2.75, 3.05) is 0 Å². The molecule has 0 atom stereocenters. The number of nitrogens with two attached hydrogens (primary N) is 1. The Morgan fingerprint density at radius 2 is 1.50 bits per heavy atom. The van der Waals surface area contributed by atoms with E-state index in [1.807, 2.05) is 0 Å². The second-order valence-corrected chi connectivity index (χ2v) is 1.48. The maximum absolute atomic E-state index is 8.85. The minimum absolute atomic E-state index is 0. The zero-order valence-electron chi connectivity index (χ0n) is 3.21. The molecule has 4 nitrogen and oxygen atoms in total. The van der Waals surface area contributed by atoms with Crippen LogP contribution >= 0.6 is 0 Å². The van der Waals surface area contributed by atoms with Gasteiger partial charge >= 0.3 is 68.9 Å². The summed E-state index contributed by atoms with van der Waals surface area (Å²) in [7, 11) is -4.42. The second kappa shape index (κ2) is 3.87. The molecule has 0 bridgehead atoms. The number of rotatable bonds is 0. The molecule has 0 aliphatic rings. The fourth-order valence-corrected chi connectivity index (χ4v) is 0. The summed E-state index contributed by atoms with van der Waals surface area (Å²) in [6.07, 6.45) is 0. The monoisotopic (exact) mass is 229 g/mol. The molecule has 6 heteroatoms. The molecule has 32 valence electrons. The maximum atomic E-state index is 8.85. The zero-order chi connectivity index (χ0) is 4.50. The third-order valence-electron chi connectivity index (χ3n) is 0. The van der Waals surface area contributed by atoms with Crippen molar-refractivity contribution in [1.29, 1.82) is 0 Å². The number of hydrogen-bond donors (Lipinski definition) is 1. The van der Waals surface area contributed by atoms with E-state index in [4.69, 9.17) is 13.0 Å². The number of hydrogen-bond acceptors (Lipinski definition) is 3. The van der Waals surface area contributed by atoms with Crippen LogP contribution in [0.3, 0.4) is 0 Å². The van der Waals surface area contributed by atoms with E-state index in [1.165, 1.54) is 0 Å². The van der Waals surface area contributed by atoms with E-state index in [2.05, 4.69) is 5.14 Å². The summed E-state index contributed by atoms with van der Waals surface area (Å²) in [6.45, 7) is 0. The van der Waals surface area contributed by atoms with E-state index in [0.29, 0.717) is 0 Å². The Balaban J connectivity index is 0. The topological polar surface area (TPSA) is 83.2 Å². The largest absolute Gasteiger partial charge is 1.00 e. The molecule has 0 unspecified atom stereocenters. The fraction of sp³-hybridized carbons (Fsp3) is 0. The van der Waals surface area contributed by atoms with Crippen LogP contribution in [-0.4, -0.2) is 13.0 Å². The Morgan fingerprint density at radius 3 is 1.50 bits per heavy atom. The summed E-state index contributed by atoms with van der Waals surface area (Å²) >= 11 is 0. The van der Waals surface area contributed by atoms with Crippen molar-refractivity contribution in [3.05, 3.63) is 0 Å². The minimum Gasteiger partial charge on any atom is -0.736 e. The van der Waals surface area contributed by atoms with Gasteiger partial charge in [0.15, 0.2) is 10.3 Å². The van der Waals surface area contributed by atoms with Gasteiger partial charge in [0.2, 0.25) is 0 Å². The van der Waals surface area contributed by atoms with Crippen LogP contribution in [0, 0.1) is 0 Å². The molecule has 0 amide bonds. The van der Waals surface area contributed by atoms with E-state index in [1.54, 1.807) is 0 Å². The van der Waals surface area contributed by atoms with Crippen LogP contribution in [0.15, 0.2) is 0 Å². The van der Waals surface area contributed by atoms with Crippen LogP contribution in [0.2, 0.25) is 0 Å². The van der Waals surface area contributed by atoms with E-state index < -0.39 is 10.3 Å². The summed E-state index contributed by atoms with van der Waals surface area (Å²) in [6, 6.07) is 0. The predicted molar refractivity (Wildman–Crippen MR) is 13.9 cm³/mol. The van der Waals surface area contributed by atoms with Gasteiger partial charge in [0.1, 0.15) is 0 Å². The van der Waals surface area contributed by atoms with E-state index in [-0.39, 0.29) is 68.9 Å². The Morgan fingerprint density at radius 1 is 1.50 bits per heavy atom. The van der Waals surface area contributed by atoms with Crippen LogP contribution in [-0.2, 0) is 10.3 Å². The summed E-state index contributed by atoms with van der Waals surface area (Å²) < 4.78 is 26.6. The smallest absolute Gasteiger partial charge is 0.736 e. The van der Waals surface area contributed by atoms with Crippen LogP contribution in [0.4, 0.5) is 0 Å². The Bertz CT molecular complexity index is 94.0. The molecule has 2 N–H and O–H groups in total. The normalized spacial score (nSPS) is 9.67. The summed E-state index contributed by atoms with van der Waals surface area (Å²) in [4.78, 5) is 0. The summed E-state index contributed by atoms with van der Waals surface area (Å²) in [5.74, 6) is 0. The molecule has 0 saturated heterocycles. The molecular weight excluding hydrogens is 227 g/mol. The van der Waals surface area contributed by atoms with Gasteiger partial charge in [-0.05, 0) is 0 Å². The third-order valence-corrected chi connectivity index (χ3v) is 0. The van der Waals surface area contributed by atoms with Crippen LogP contribution in [0.1, 0.15) is 0 Å². The van der Waals surface area contributed by atoms with Gasteiger partial charge in [0.05, 0.1) is 0 Å². The SMILES string of the molecule is NS(=O)(=O)[O-].[Cs+]. The maximum Gasteiger partial charge on any atom is 1.00 e. The standard InChI is InChI=1S/Cs.H3NO3S/c;1-5(2,3)4/h;(H3,1,2,3,4)/q+1;/p-1. The van der Waals surface area contributed by atoms with E-state index in [0.717, 1.165) is 0 Å². The average molecular weight is 229 g/mol. The van der Waals surface area contributed by atoms with Crippen LogP contribution in [0.25, 0.3) is 0 Å². The Hall–Kier alpha value is 1.92. The predicted octanol–water partition coefficient (Wildman–Crippen LogP) is -4.59. The van der Waals surface area contributed by atoms with Gasteiger partial charge in [0.25, 0.3) is 0 Å². The third kappa shape index (κ3) is 38.8. The Kier molecular flexibility index (Phi) is 6.98. The minimum atomic E-state index is -4.42. The molecule has 0 rings (SSSR count). The van der Waals surface area contributed by atoms with Gasteiger partial charge in [-0.15, -0.1) is 0 Å². The molecule has 0 radical (unpaired) electrons. The zero-order valence-corrected chi connectivity index (χ0v) is 10.3. The quantitative estimate of drug-likeness (QED) is 0.424. The van der Waals surface area contributed by atoms with Crippen LogP contribution < -0.4 is 74.0 Å². The van der Waals surface area contributed by atoms with Gasteiger partial charge < -0.3 is 4.55 Å². The van der Waals surface area contributed by atoms with Crippen molar-refractivity contribution in [2.24, 2.45) is 5.14 Å². The molecule has 0 aromatic carbocycles. The van der Waals surface area contributed by atoms with Gasteiger partial charge in [-0.1, -0.05) is 0 Å². The van der Waals surface area contributed by atoms with Gasteiger partial charge in [-0.25, -0.2) is 13.6 Å². The fourth-order valence-electron chi connectivity index (χ4n) is 0. The molecule has 0 spiro atoms. The first-order valence-corrected chi connectivity index (χ1v) is 2.21. The van der Waals surface area contributed by atoms with Crippen molar-refractivity contribution in [3.63, 3.8) is 0 Å². The van der Waals surface area contributed by atoms with Crippen molar-refractivity contribution in [2.45, 2.75) is 0 Å².